The van der Waals surface area contributed by atoms with Gasteiger partial charge < -0.3 is 14.8 Å². The highest BCUT2D eigenvalue weighted by Gasteiger charge is 2.13. The molecule has 0 heterocycles. The summed E-state index contributed by atoms with van der Waals surface area (Å²) in [7, 11) is 0. The highest BCUT2D eigenvalue weighted by Crippen LogP contribution is 2.38. The van der Waals surface area contributed by atoms with Crippen LogP contribution >= 0.6 is 39.1 Å². The third-order valence-corrected chi connectivity index (χ3v) is 5.58. The summed E-state index contributed by atoms with van der Waals surface area (Å²) >= 11 is 15.7. The fraction of sp³-hybridized carbons (Fsp3) is 0.217. The average molecular weight is 495 g/mol. The van der Waals surface area contributed by atoms with Gasteiger partial charge in [0.05, 0.1) is 21.1 Å². The third-order valence-electron chi connectivity index (χ3n) is 4.25. The number of aryl methyl sites for hydroxylation is 1. The molecule has 0 bridgehead atoms. The molecule has 0 aromatic heterocycles. The monoisotopic (exact) mass is 493 g/mol. The van der Waals surface area contributed by atoms with Gasteiger partial charge in [-0.1, -0.05) is 53.0 Å². The van der Waals surface area contributed by atoms with E-state index in [1.54, 1.807) is 6.07 Å². The zero-order chi connectivity index (χ0) is 20.8. The van der Waals surface area contributed by atoms with E-state index in [4.69, 9.17) is 32.7 Å². The molecule has 0 spiro atoms. The van der Waals surface area contributed by atoms with Gasteiger partial charge in [0.15, 0.2) is 11.5 Å². The number of benzene rings is 3. The number of ether oxygens (including phenoxy) is 2. The van der Waals surface area contributed by atoms with Gasteiger partial charge in [-0.3, -0.25) is 0 Å². The molecule has 3 aromatic rings. The molecule has 3 nitrogen and oxygen atoms in total. The van der Waals surface area contributed by atoms with Gasteiger partial charge in [0, 0.05) is 12.2 Å². The van der Waals surface area contributed by atoms with E-state index >= 15 is 0 Å². The van der Waals surface area contributed by atoms with Gasteiger partial charge in [-0.05, 0) is 71.2 Å². The van der Waals surface area contributed by atoms with E-state index < -0.39 is 0 Å². The van der Waals surface area contributed by atoms with Crippen LogP contribution in [0.3, 0.4) is 0 Å². The zero-order valence-corrected chi connectivity index (χ0v) is 19.4. The molecular weight excluding hydrogens is 473 g/mol. The molecule has 0 atom stereocenters. The van der Waals surface area contributed by atoms with Crippen molar-refractivity contribution in [3.63, 3.8) is 0 Å². The van der Waals surface area contributed by atoms with E-state index in [1.807, 2.05) is 37.3 Å². The van der Waals surface area contributed by atoms with E-state index in [1.165, 1.54) is 5.56 Å². The molecule has 0 radical (unpaired) electrons. The number of rotatable bonds is 8. The lowest BCUT2D eigenvalue weighted by atomic mass is 10.1. The highest BCUT2D eigenvalue weighted by molar-refractivity contribution is 9.10. The Hall–Kier alpha value is -1.88. The second kappa shape index (κ2) is 10.2. The fourth-order valence-corrected chi connectivity index (χ4v) is 3.80. The molecule has 1 N–H and O–H groups in total. The number of hydrogen-bond acceptors (Lipinski definition) is 3. The van der Waals surface area contributed by atoms with Crippen molar-refractivity contribution in [2.24, 2.45) is 0 Å². The molecule has 6 heteroatoms. The standard InChI is InChI=1S/C23H22BrCl2NO2/c1-3-28-22-11-17(13-27-18-7-8-20(25)21(26)12-18)10-19(24)23(22)29-14-16-6-4-5-15(2)9-16/h4-12,27H,3,13-14H2,1-2H3. The maximum absolute atomic E-state index is 6.09. The predicted octanol–water partition coefficient (Wildman–Crippen LogP) is 7.65. The lowest BCUT2D eigenvalue weighted by Gasteiger charge is -2.16. The Labute approximate surface area is 190 Å². The summed E-state index contributed by atoms with van der Waals surface area (Å²) < 4.78 is 12.8. The normalized spacial score (nSPS) is 10.7. The van der Waals surface area contributed by atoms with Crippen molar-refractivity contribution in [1.29, 1.82) is 0 Å². The van der Waals surface area contributed by atoms with Crippen molar-refractivity contribution >= 4 is 44.8 Å². The van der Waals surface area contributed by atoms with Crippen LogP contribution in [0.2, 0.25) is 10.0 Å². The minimum Gasteiger partial charge on any atom is -0.490 e. The van der Waals surface area contributed by atoms with Crippen LogP contribution in [-0.4, -0.2) is 6.61 Å². The molecular formula is C23H22BrCl2NO2. The first kappa shape index (κ1) is 21.8. The Balaban J connectivity index is 1.75. The summed E-state index contributed by atoms with van der Waals surface area (Å²) in [6.45, 7) is 5.66. The summed E-state index contributed by atoms with van der Waals surface area (Å²) in [5.74, 6) is 1.41. The second-order valence-electron chi connectivity index (χ2n) is 6.60. The van der Waals surface area contributed by atoms with Gasteiger partial charge in [0.2, 0.25) is 0 Å². The average Bonchev–Trinajstić information content (AvgIpc) is 2.68. The van der Waals surface area contributed by atoms with Crippen LogP contribution < -0.4 is 14.8 Å². The minimum atomic E-state index is 0.473. The second-order valence-corrected chi connectivity index (χ2v) is 8.27. The molecule has 3 rings (SSSR count). The lowest BCUT2D eigenvalue weighted by molar-refractivity contribution is 0.267. The SMILES string of the molecule is CCOc1cc(CNc2ccc(Cl)c(Cl)c2)cc(Br)c1OCc1cccc(C)c1. The van der Waals surface area contributed by atoms with E-state index in [0.717, 1.165) is 21.3 Å². The summed E-state index contributed by atoms with van der Waals surface area (Å²) in [5, 5.41) is 4.41. The Morgan fingerprint density at radius 2 is 1.76 bits per heavy atom. The Morgan fingerprint density at radius 1 is 0.931 bits per heavy atom. The third kappa shape index (κ3) is 6.05. The molecule has 0 saturated carbocycles. The molecule has 0 unspecified atom stereocenters. The van der Waals surface area contributed by atoms with Gasteiger partial charge in [-0.2, -0.15) is 0 Å². The predicted molar refractivity (Wildman–Crippen MR) is 125 cm³/mol. The van der Waals surface area contributed by atoms with Crippen LogP contribution in [0.5, 0.6) is 11.5 Å². The highest BCUT2D eigenvalue weighted by atomic mass is 79.9. The molecule has 0 saturated heterocycles. The number of hydrogen-bond donors (Lipinski definition) is 1. The van der Waals surface area contributed by atoms with E-state index in [9.17, 15) is 0 Å². The number of anilines is 1. The van der Waals surface area contributed by atoms with Gasteiger partial charge in [-0.25, -0.2) is 0 Å². The number of nitrogens with one attached hydrogen (secondary N) is 1. The van der Waals surface area contributed by atoms with Crippen LogP contribution in [0.25, 0.3) is 0 Å². The summed E-state index contributed by atoms with van der Waals surface area (Å²) in [6.07, 6.45) is 0. The first-order valence-electron chi connectivity index (χ1n) is 9.28. The van der Waals surface area contributed by atoms with Crippen molar-refractivity contribution in [3.05, 3.63) is 85.8 Å². The lowest BCUT2D eigenvalue weighted by Crippen LogP contribution is -2.04. The molecule has 3 aromatic carbocycles. The quantitative estimate of drug-likeness (QED) is 0.348. The molecule has 0 amide bonds. The van der Waals surface area contributed by atoms with E-state index in [-0.39, 0.29) is 0 Å². The van der Waals surface area contributed by atoms with Gasteiger partial charge >= 0.3 is 0 Å². The van der Waals surface area contributed by atoms with Gasteiger partial charge in [0.25, 0.3) is 0 Å². The smallest absolute Gasteiger partial charge is 0.175 e. The van der Waals surface area contributed by atoms with Crippen LogP contribution in [-0.2, 0) is 13.2 Å². The van der Waals surface area contributed by atoms with Crippen molar-refractivity contribution in [3.8, 4) is 11.5 Å². The van der Waals surface area contributed by atoms with Gasteiger partial charge in [-0.15, -0.1) is 0 Å². The Bertz CT molecular complexity index is 995. The summed E-state index contributed by atoms with van der Waals surface area (Å²) in [4.78, 5) is 0. The van der Waals surface area contributed by atoms with Crippen LogP contribution in [0.1, 0.15) is 23.6 Å². The van der Waals surface area contributed by atoms with E-state index in [2.05, 4.69) is 46.4 Å². The number of halogens is 3. The Kier molecular flexibility index (Phi) is 7.70. The van der Waals surface area contributed by atoms with Crippen LogP contribution in [0.15, 0.2) is 59.1 Å². The van der Waals surface area contributed by atoms with Crippen molar-refractivity contribution < 1.29 is 9.47 Å². The Morgan fingerprint density at radius 3 is 2.48 bits per heavy atom. The topological polar surface area (TPSA) is 30.5 Å². The molecule has 29 heavy (non-hydrogen) atoms. The van der Waals surface area contributed by atoms with Crippen LogP contribution in [0.4, 0.5) is 5.69 Å². The maximum atomic E-state index is 6.09. The fourth-order valence-electron chi connectivity index (χ4n) is 2.89. The first-order valence-corrected chi connectivity index (χ1v) is 10.8. The molecule has 0 fully saturated rings. The van der Waals surface area contributed by atoms with Crippen molar-refractivity contribution in [2.75, 3.05) is 11.9 Å². The van der Waals surface area contributed by atoms with Crippen molar-refractivity contribution in [1.82, 2.24) is 0 Å². The summed E-state index contributed by atoms with van der Waals surface area (Å²) in [6, 6.07) is 17.8. The maximum Gasteiger partial charge on any atom is 0.175 e. The molecule has 0 aliphatic carbocycles. The molecule has 0 aliphatic heterocycles. The zero-order valence-electron chi connectivity index (χ0n) is 16.3. The van der Waals surface area contributed by atoms with E-state index in [0.29, 0.717) is 41.3 Å². The first-order chi connectivity index (χ1) is 14.0. The molecule has 152 valence electrons. The largest absolute Gasteiger partial charge is 0.490 e. The minimum absolute atomic E-state index is 0.473. The molecule has 0 aliphatic rings. The van der Waals surface area contributed by atoms with Gasteiger partial charge in [0.1, 0.15) is 6.61 Å². The van der Waals surface area contributed by atoms with Crippen molar-refractivity contribution in [2.45, 2.75) is 27.0 Å². The summed E-state index contributed by atoms with van der Waals surface area (Å²) in [5.41, 5.74) is 4.27. The van der Waals surface area contributed by atoms with Crippen LogP contribution in [0, 0.1) is 6.92 Å².